The molecule has 0 bridgehead atoms. The van der Waals surface area contributed by atoms with Crippen molar-refractivity contribution in [3.05, 3.63) is 12.7 Å². The summed E-state index contributed by atoms with van der Waals surface area (Å²) in [5.41, 5.74) is 0. The van der Waals surface area contributed by atoms with Crippen molar-refractivity contribution in [2.24, 2.45) is 17.8 Å². The highest BCUT2D eigenvalue weighted by Crippen LogP contribution is 2.19. The maximum Gasteiger partial charge on any atom is -0.0265 e. The zero-order valence-electron chi connectivity index (χ0n) is 9.84. The lowest BCUT2D eigenvalue weighted by Crippen LogP contribution is -2.00. The van der Waals surface area contributed by atoms with Crippen LogP contribution in [0.2, 0.25) is 0 Å². The van der Waals surface area contributed by atoms with Gasteiger partial charge in [0.2, 0.25) is 0 Å². The maximum atomic E-state index is 3.81. The van der Waals surface area contributed by atoms with Crippen molar-refractivity contribution >= 4 is 0 Å². The molecule has 0 saturated heterocycles. The van der Waals surface area contributed by atoms with Crippen molar-refractivity contribution in [2.45, 2.75) is 53.4 Å². The van der Waals surface area contributed by atoms with Crippen molar-refractivity contribution in [2.75, 3.05) is 0 Å². The molecule has 0 aliphatic carbocycles. The summed E-state index contributed by atoms with van der Waals surface area (Å²) in [6.07, 6.45) is 7.50. The Labute approximate surface area is 84.4 Å². The zero-order valence-corrected chi connectivity index (χ0v) is 9.84. The smallest absolute Gasteiger partial charge is 0.0265 e. The van der Waals surface area contributed by atoms with Crippen LogP contribution in [0.15, 0.2) is 12.7 Å². The fourth-order valence-corrected chi connectivity index (χ4v) is 1.43. The fourth-order valence-electron chi connectivity index (χ4n) is 1.43. The molecule has 78 valence electrons. The summed E-state index contributed by atoms with van der Waals surface area (Å²) in [7, 11) is 0. The summed E-state index contributed by atoms with van der Waals surface area (Å²) >= 11 is 0. The van der Waals surface area contributed by atoms with Crippen LogP contribution in [-0.4, -0.2) is 0 Å². The van der Waals surface area contributed by atoms with Gasteiger partial charge in [0.15, 0.2) is 0 Å². The Bertz CT molecular complexity index is 124. The van der Waals surface area contributed by atoms with E-state index in [1.165, 1.54) is 25.7 Å². The van der Waals surface area contributed by atoms with Crippen LogP contribution in [0.3, 0.4) is 0 Å². The molecule has 2 atom stereocenters. The molecule has 0 saturated carbocycles. The van der Waals surface area contributed by atoms with E-state index in [2.05, 4.69) is 40.3 Å². The summed E-state index contributed by atoms with van der Waals surface area (Å²) in [5.74, 6) is 2.45. The van der Waals surface area contributed by atoms with E-state index in [0.717, 1.165) is 11.8 Å². The van der Waals surface area contributed by atoms with Gasteiger partial charge in [0, 0.05) is 0 Å². The molecule has 0 fully saturated rings. The van der Waals surface area contributed by atoms with Crippen molar-refractivity contribution < 1.29 is 0 Å². The second-order valence-electron chi connectivity index (χ2n) is 4.87. The molecular weight excluding hydrogens is 156 g/mol. The molecular formula is C13H26. The van der Waals surface area contributed by atoms with Crippen molar-refractivity contribution in [3.63, 3.8) is 0 Å². The van der Waals surface area contributed by atoms with E-state index in [1.54, 1.807) is 0 Å². The highest BCUT2D eigenvalue weighted by molar-refractivity contribution is 4.75. The third-order valence-electron chi connectivity index (χ3n) is 2.75. The summed E-state index contributed by atoms with van der Waals surface area (Å²) in [6, 6.07) is 0. The summed E-state index contributed by atoms with van der Waals surface area (Å²) in [6.45, 7) is 13.0. The van der Waals surface area contributed by atoms with Gasteiger partial charge in [0.25, 0.3) is 0 Å². The molecule has 0 N–H and O–H groups in total. The van der Waals surface area contributed by atoms with E-state index in [9.17, 15) is 0 Å². The first-order valence-corrected chi connectivity index (χ1v) is 5.68. The molecule has 0 aromatic carbocycles. The molecule has 0 nitrogen and oxygen atoms in total. The third kappa shape index (κ3) is 8.08. The highest BCUT2D eigenvalue weighted by atomic mass is 14.1. The van der Waals surface area contributed by atoms with E-state index in [0.29, 0.717) is 5.92 Å². The van der Waals surface area contributed by atoms with Gasteiger partial charge in [-0.25, -0.2) is 0 Å². The van der Waals surface area contributed by atoms with Gasteiger partial charge < -0.3 is 0 Å². The summed E-state index contributed by atoms with van der Waals surface area (Å²) in [4.78, 5) is 0. The molecule has 2 unspecified atom stereocenters. The van der Waals surface area contributed by atoms with Crippen LogP contribution in [0.25, 0.3) is 0 Å². The van der Waals surface area contributed by atoms with Crippen molar-refractivity contribution in [1.29, 1.82) is 0 Å². The monoisotopic (exact) mass is 182 g/mol. The second kappa shape index (κ2) is 7.17. The quantitative estimate of drug-likeness (QED) is 0.502. The first-order valence-electron chi connectivity index (χ1n) is 5.68. The highest BCUT2D eigenvalue weighted by Gasteiger charge is 2.05. The fraction of sp³-hybridized carbons (Fsp3) is 0.846. The number of allylic oxidation sites excluding steroid dienone is 1. The van der Waals surface area contributed by atoms with Gasteiger partial charge >= 0.3 is 0 Å². The van der Waals surface area contributed by atoms with Crippen LogP contribution in [0.5, 0.6) is 0 Å². The second-order valence-corrected chi connectivity index (χ2v) is 4.87. The molecule has 13 heavy (non-hydrogen) atoms. The number of rotatable bonds is 7. The molecule has 0 amide bonds. The van der Waals surface area contributed by atoms with Crippen LogP contribution >= 0.6 is 0 Å². The Hall–Kier alpha value is -0.260. The van der Waals surface area contributed by atoms with Gasteiger partial charge in [-0.3, -0.25) is 0 Å². The van der Waals surface area contributed by atoms with Gasteiger partial charge in [-0.2, -0.15) is 0 Å². The van der Waals surface area contributed by atoms with Crippen LogP contribution in [0, 0.1) is 17.8 Å². The third-order valence-corrected chi connectivity index (χ3v) is 2.75. The molecule has 0 aliphatic rings. The number of hydrogen-bond donors (Lipinski definition) is 0. The van der Waals surface area contributed by atoms with E-state index in [-0.39, 0.29) is 0 Å². The Morgan fingerprint density at radius 2 is 1.46 bits per heavy atom. The topological polar surface area (TPSA) is 0 Å². The molecule has 0 radical (unpaired) electrons. The molecule has 0 aromatic rings. The molecule has 0 heterocycles. The predicted octanol–water partition coefficient (Wildman–Crippen LogP) is 4.66. The van der Waals surface area contributed by atoms with E-state index in [4.69, 9.17) is 0 Å². The SMILES string of the molecule is C=CC(C)CCC(C)CCC(C)C. The standard InChI is InChI=1S/C13H26/c1-6-12(4)9-10-13(5)8-7-11(2)3/h6,11-13H,1,7-10H2,2-5H3. The maximum absolute atomic E-state index is 3.81. The lowest BCUT2D eigenvalue weighted by atomic mass is 9.92. The molecule has 0 spiro atoms. The van der Waals surface area contributed by atoms with Crippen molar-refractivity contribution in [3.8, 4) is 0 Å². The average molecular weight is 182 g/mol. The number of hydrogen-bond acceptors (Lipinski definition) is 0. The summed E-state index contributed by atoms with van der Waals surface area (Å²) < 4.78 is 0. The largest absolute Gasteiger partial charge is 0.103 e. The molecule has 0 rings (SSSR count). The lowest BCUT2D eigenvalue weighted by molar-refractivity contribution is 0.402. The average Bonchev–Trinajstić information content (AvgIpc) is 2.10. The first kappa shape index (κ1) is 12.7. The lowest BCUT2D eigenvalue weighted by Gasteiger charge is -2.14. The summed E-state index contributed by atoms with van der Waals surface area (Å²) in [5, 5.41) is 0. The van der Waals surface area contributed by atoms with Crippen LogP contribution in [-0.2, 0) is 0 Å². The normalized spacial score (nSPS) is 15.8. The van der Waals surface area contributed by atoms with Gasteiger partial charge in [0.05, 0.1) is 0 Å². The van der Waals surface area contributed by atoms with Gasteiger partial charge in [0.1, 0.15) is 0 Å². The Kier molecular flexibility index (Phi) is 7.03. The van der Waals surface area contributed by atoms with Crippen LogP contribution in [0.1, 0.15) is 53.4 Å². The Balaban J connectivity index is 3.39. The van der Waals surface area contributed by atoms with Crippen molar-refractivity contribution in [1.82, 2.24) is 0 Å². The van der Waals surface area contributed by atoms with E-state index in [1.807, 2.05) is 0 Å². The zero-order chi connectivity index (χ0) is 10.3. The Morgan fingerprint density at radius 3 is 1.92 bits per heavy atom. The minimum Gasteiger partial charge on any atom is -0.103 e. The minimum atomic E-state index is 0.696. The predicted molar refractivity (Wildman–Crippen MR) is 61.8 cm³/mol. The molecule has 0 heteroatoms. The van der Waals surface area contributed by atoms with Gasteiger partial charge in [-0.15, -0.1) is 6.58 Å². The van der Waals surface area contributed by atoms with E-state index >= 15 is 0 Å². The van der Waals surface area contributed by atoms with Gasteiger partial charge in [-0.1, -0.05) is 53.0 Å². The first-order chi connectivity index (χ1) is 6.06. The van der Waals surface area contributed by atoms with Crippen LogP contribution in [0.4, 0.5) is 0 Å². The van der Waals surface area contributed by atoms with Crippen LogP contribution < -0.4 is 0 Å². The minimum absolute atomic E-state index is 0.696. The van der Waals surface area contributed by atoms with Gasteiger partial charge in [-0.05, 0) is 24.2 Å². The Morgan fingerprint density at radius 1 is 0.923 bits per heavy atom. The molecule has 0 aromatic heterocycles. The van der Waals surface area contributed by atoms with E-state index < -0.39 is 0 Å². The molecule has 0 aliphatic heterocycles.